The minimum atomic E-state index is 0.623. The fraction of sp³-hybridized carbons (Fsp3) is 0.188. The summed E-state index contributed by atoms with van der Waals surface area (Å²) in [5, 5.41) is 0. The van der Waals surface area contributed by atoms with Crippen LogP contribution in [0.15, 0.2) is 97.6 Å². The third-order valence-electron chi connectivity index (χ3n) is 6.70. The molecule has 0 saturated heterocycles. The molecule has 0 radical (unpaired) electrons. The summed E-state index contributed by atoms with van der Waals surface area (Å²) in [5.74, 6) is 1.59. The zero-order chi connectivity index (χ0) is 25.0. The first kappa shape index (κ1) is 23.6. The molecule has 37 heavy (non-hydrogen) atoms. The molecule has 1 saturated carbocycles. The van der Waals surface area contributed by atoms with Gasteiger partial charge < -0.3 is 10.5 Å². The molecule has 0 bridgehead atoms. The number of hydrogen-bond acceptors (Lipinski definition) is 5. The Kier molecular flexibility index (Phi) is 6.80. The topological polar surface area (TPSA) is 61.0 Å². The van der Waals surface area contributed by atoms with Gasteiger partial charge in [0.2, 0.25) is 0 Å². The number of hydrogen-bond donors (Lipinski definition) is 1. The largest absolute Gasteiger partial charge is 0.494 e. The van der Waals surface area contributed by atoms with Gasteiger partial charge in [-0.05, 0) is 84.8 Å². The summed E-state index contributed by atoms with van der Waals surface area (Å²) >= 11 is 1.77. The highest BCUT2D eigenvalue weighted by Crippen LogP contribution is 2.41. The molecule has 1 aliphatic rings. The maximum absolute atomic E-state index is 5.83. The van der Waals surface area contributed by atoms with Crippen molar-refractivity contribution >= 4 is 11.3 Å². The Bertz CT molecular complexity index is 1520. The summed E-state index contributed by atoms with van der Waals surface area (Å²) in [7, 11) is 0. The minimum Gasteiger partial charge on any atom is -0.494 e. The standard InChI is InChI=1S/C32H29N3OS/c33-12-3-13-36-30-7-2-6-25(17-30)27-16-29(21-35-19-27)32-11-10-31(37-32)28-15-26(18-34-20-28)24-5-1-4-23(14-24)22-8-9-22/h1-2,4-7,10-11,14-22H,3,8-9,12-13,33H2. The van der Waals surface area contributed by atoms with Crippen molar-refractivity contribution < 1.29 is 4.74 Å². The van der Waals surface area contributed by atoms with Crippen LogP contribution in [-0.4, -0.2) is 23.1 Å². The molecule has 5 heteroatoms. The van der Waals surface area contributed by atoms with Gasteiger partial charge in [-0.2, -0.15) is 0 Å². The fourth-order valence-corrected chi connectivity index (χ4v) is 5.51. The van der Waals surface area contributed by atoms with Crippen LogP contribution in [0.3, 0.4) is 0 Å². The van der Waals surface area contributed by atoms with Gasteiger partial charge in [0.1, 0.15) is 5.75 Å². The zero-order valence-corrected chi connectivity index (χ0v) is 21.5. The Morgan fingerprint density at radius 3 is 1.97 bits per heavy atom. The van der Waals surface area contributed by atoms with Gasteiger partial charge in [-0.3, -0.25) is 9.97 Å². The van der Waals surface area contributed by atoms with E-state index in [1.165, 1.54) is 33.7 Å². The number of benzene rings is 2. The van der Waals surface area contributed by atoms with Crippen LogP contribution in [0.4, 0.5) is 0 Å². The first-order valence-corrected chi connectivity index (χ1v) is 13.6. The Hall–Kier alpha value is -3.80. The quantitative estimate of drug-likeness (QED) is 0.208. The molecule has 184 valence electrons. The average Bonchev–Trinajstić information content (AvgIpc) is 3.70. The van der Waals surface area contributed by atoms with Crippen molar-refractivity contribution in [1.29, 1.82) is 0 Å². The SMILES string of the molecule is NCCCOc1cccc(-c2cncc(-c3ccc(-c4cncc(-c5cccc(C6CC6)c5)c4)s3)c2)c1. The van der Waals surface area contributed by atoms with E-state index in [0.717, 1.165) is 45.9 Å². The molecular formula is C32H29N3OS. The molecule has 4 nitrogen and oxygen atoms in total. The first-order valence-electron chi connectivity index (χ1n) is 12.8. The van der Waals surface area contributed by atoms with Crippen LogP contribution >= 0.6 is 11.3 Å². The van der Waals surface area contributed by atoms with Crippen LogP contribution in [0.25, 0.3) is 43.1 Å². The summed E-state index contributed by atoms with van der Waals surface area (Å²) in [6.45, 7) is 1.25. The van der Waals surface area contributed by atoms with Crippen LogP contribution in [-0.2, 0) is 0 Å². The number of thiophene rings is 1. The van der Waals surface area contributed by atoms with Crippen molar-refractivity contribution in [3.8, 4) is 48.9 Å². The monoisotopic (exact) mass is 503 g/mol. The fourth-order valence-electron chi connectivity index (χ4n) is 4.54. The van der Waals surface area contributed by atoms with E-state index in [-0.39, 0.29) is 0 Å². The van der Waals surface area contributed by atoms with E-state index < -0.39 is 0 Å². The highest BCUT2D eigenvalue weighted by molar-refractivity contribution is 7.18. The summed E-state index contributed by atoms with van der Waals surface area (Å²) in [4.78, 5) is 11.5. The lowest BCUT2D eigenvalue weighted by Crippen LogP contribution is -2.06. The zero-order valence-electron chi connectivity index (χ0n) is 20.6. The van der Waals surface area contributed by atoms with Crippen molar-refractivity contribution in [1.82, 2.24) is 9.97 Å². The van der Waals surface area contributed by atoms with E-state index in [4.69, 9.17) is 10.5 Å². The first-order chi connectivity index (χ1) is 18.3. The Morgan fingerprint density at radius 2 is 1.32 bits per heavy atom. The van der Waals surface area contributed by atoms with Gasteiger partial charge in [0.05, 0.1) is 6.61 Å². The third-order valence-corrected chi connectivity index (χ3v) is 7.89. The molecule has 2 N–H and O–H groups in total. The predicted molar refractivity (Wildman–Crippen MR) is 153 cm³/mol. The molecule has 3 heterocycles. The van der Waals surface area contributed by atoms with E-state index in [2.05, 4.69) is 70.6 Å². The van der Waals surface area contributed by atoms with Crippen molar-refractivity contribution in [2.24, 2.45) is 5.73 Å². The molecule has 0 amide bonds. The second-order valence-corrected chi connectivity index (χ2v) is 10.6. The number of ether oxygens (including phenoxy) is 1. The molecular weight excluding hydrogens is 474 g/mol. The highest BCUT2D eigenvalue weighted by Gasteiger charge is 2.23. The molecule has 6 rings (SSSR count). The molecule has 0 spiro atoms. The lowest BCUT2D eigenvalue weighted by molar-refractivity contribution is 0.313. The Labute approximate surface area is 221 Å². The van der Waals surface area contributed by atoms with Crippen molar-refractivity contribution in [2.75, 3.05) is 13.2 Å². The minimum absolute atomic E-state index is 0.623. The number of rotatable bonds is 9. The van der Waals surface area contributed by atoms with Crippen LogP contribution < -0.4 is 10.5 Å². The van der Waals surface area contributed by atoms with Gasteiger partial charge in [-0.15, -0.1) is 11.3 Å². The van der Waals surface area contributed by atoms with Gasteiger partial charge in [-0.25, -0.2) is 0 Å². The van der Waals surface area contributed by atoms with E-state index in [1.54, 1.807) is 11.3 Å². The van der Waals surface area contributed by atoms with E-state index in [1.807, 2.05) is 36.9 Å². The van der Waals surface area contributed by atoms with E-state index >= 15 is 0 Å². The second-order valence-electron chi connectivity index (χ2n) is 9.51. The van der Waals surface area contributed by atoms with Crippen molar-refractivity contribution in [2.45, 2.75) is 25.2 Å². The van der Waals surface area contributed by atoms with Crippen LogP contribution in [0.1, 0.15) is 30.7 Å². The van der Waals surface area contributed by atoms with Crippen LogP contribution in [0.5, 0.6) is 5.75 Å². The van der Waals surface area contributed by atoms with Gasteiger partial charge >= 0.3 is 0 Å². The predicted octanol–water partition coefficient (Wildman–Crippen LogP) is 7.81. The number of nitrogens with zero attached hydrogens (tertiary/aromatic N) is 2. The Morgan fingerprint density at radius 1 is 0.703 bits per heavy atom. The molecule has 0 atom stereocenters. The summed E-state index contributed by atoms with van der Waals surface area (Å²) in [6.07, 6.45) is 11.2. The molecule has 2 aromatic carbocycles. The van der Waals surface area contributed by atoms with Gasteiger partial charge in [0.15, 0.2) is 0 Å². The summed E-state index contributed by atoms with van der Waals surface area (Å²) in [5.41, 5.74) is 13.8. The van der Waals surface area contributed by atoms with E-state index in [9.17, 15) is 0 Å². The summed E-state index contributed by atoms with van der Waals surface area (Å²) < 4.78 is 5.83. The molecule has 1 fully saturated rings. The van der Waals surface area contributed by atoms with Crippen LogP contribution in [0.2, 0.25) is 0 Å². The lowest BCUT2D eigenvalue weighted by atomic mass is 10.0. The maximum Gasteiger partial charge on any atom is 0.119 e. The van der Waals surface area contributed by atoms with Gasteiger partial charge in [0.25, 0.3) is 0 Å². The number of pyridine rings is 2. The lowest BCUT2D eigenvalue weighted by Gasteiger charge is -2.08. The van der Waals surface area contributed by atoms with Crippen molar-refractivity contribution in [3.05, 3.63) is 103 Å². The second kappa shape index (κ2) is 10.7. The third kappa shape index (κ3) is 5.48. The normalized spacial score (nSPS) is 13.0. The molecule has 3 aromatic heterocycles. The maximum atomic E-state index is 5.83. The van der Waals surface area contributed by atoms with E-state index in [0.29, 0.717) is 13.2 Å². The summed E-state index contributed by atoms with van der Waals surface area (Å²) in [6, 6.07) is 25.9. The smallest absolute Gasteiger partial charge is 0.119 e. The van der Waals surface area contributed by atoms with Crippen molar-refractivity contribution in [3.63, 3.8) is 0 Å². The highest BCUT2D eigenvalue weighted by atomic mass is 32.1. The number of aromatic nitrogens is 2. The molecule has 5 aromatic rings. The van der Waals surface area contributed by atoms with Crippen LogP contribution in [0, 0.1) is 0 Å². The van der Waals surface area contributed by atoms with Gasteiger partial charge in [-0.1, -0.05) is 36.4 Å². The van der Waals surface area contributed by atoms with Gasteiger partial charge in [0, 0.05) is 56.8 Å². The molecule has 0 unspecified atom stereocenters. The molecule has 0 aliphatic heterocycles. The average molecular weight is 504 g/mol. The molecule has 1 aliphatic carbocycles. The number of nitrogens with two attached hydrogens (primary N) is 1. The Balaban J connectivity index is 1.24.